The largest absolute Gasteiger partial charge is 0.497 e. The highest BCUT2D eigenvalue weighted by Gasteiger charge is 2.35. The molecule has 1 N–H and O–H groups in total. The zero-order chi connectivity index (χ0) is 20.0. The summed E-state index contributed by atoms with van der Waals surface area (Å²) in [6, 6.07) is 26.7. The van der Waals surface area contributed by atoms with Crippen LogP contribution in [0.15, 0.2) is 83.8 Å². The van der Waals surface area contributed by atoms with Crippen LogP contribution in [0.1, 0.15) is 11.1 Å². The second kappa shape index (κ2) is 8.73. The molecule has 0 radical (unpaired) electrons. The van der Waals surface area contributed by atoms with Crippen molar-refractivity contribution < 1.29 is 8.95 Å². The Kier molecular flexibility index (Phi) is 6.13. The van der Waals surface area contributed by atoms with Gasteiger partial charge in [-0.05, 0) is 48.9 Å². The molecular formula is C23H22N2O2S. The Hall–Kier alpha value is -3.10. The molecule has 142 valence electrons. The van der Waals surface area contributed by atoms with E-state index in [4.69, 9.17) is 4.74 Å². The minimum Gasteiger partial charge on any atom is -0.497 e. The van der Waals surface area contributed by atoms with Crippen LogP contribution in [-0.4, -0.2) is 17.1 Å². The molecule has 0 saturated heterocycles. The lowest BCUT2D eigenvalue weighted by Crippen LogP contribution is -2.39. The highest BCUT2D eigenvalue weighted by atomic mass is 32.2. The molecule has 0 bridgehead atoms. The molecule has 2 atom stereocenters. The highest BCUT2D eigenvalue weighted by Crippen LogP contribution is 2.29. The first-order chi connectivity index (χ1) is 13.6. The van der Waals surface area contributed by atoms with E-state index in [0.29, 0.717) is 4.90 Å². The molecule has 0 heterocycles. The fourth-order valence-corrected chi connectivity index (χ4v) is 4.23. The summed E-state index contributed by atoms with van der Waals surface area (Å²) in [7, 11) is 0.257. The van der Waals surface area contributed by atoms with Crippen molar-refractivity contribution in [2.24, 2.45) is 0 Å². The molecule has 0 fully saturated rings. The van der Waals surface area contributed by atoms with E-state index in [0.717, 1.165) is 22.6 Å². The van der Waals surface area contributed by atoms with Crippen LogP contribution in [0.3, 0.4) is 0 Å². The van der Waals surface area contributed by atoms with E-state index in [1.165, 1.54) is 0 Å². The molecule has 0 unspecified atom stereocenters. The Bertz CT molecular complexity index is 980. The number of nitrogens with one attached hydrogen (secondary N) is 1. The van der Waals surface area contributed by atoms with Crippen molar-refractivity contribution >= 4 is 16.5 Å². The van der Waals surface area contributed by atoms with Gasteiger partial charge in [-0.2, -0.15) is 5.26 Å². The fraction of sp³-hybridized carbons (Fsp3) is 0.174. The van der Waals surface area contributed by atoms with Crippen LogP contribution in [0.25, 0.3) is 0 Å². The number of ether oxygens (including phenoxy) is 1. The number of hydrogen-bond acceptors (Lipinski definition) is 4. The van der Waals surface area contributed by atoms with Crippen LogP contribution >= 0.6 is 0 Å². The molecule has 0 spiro atoms. The molecule has 0 aliphatic carbocycles. The first-order valence-electron chi connectivity index (χ1n) is 8.90. The van der Waals surface area contributed by atoms with Crippen molar-refractivity contribution in [3.8, 4) is 11.8 Å². The fourth-order valence-electron chi connectivity index (χ4n) is 2.93. The van der Waals surface area contributed by atoms with Crippen LogP contribution in [0.2, 0.25) is 0 Å². The number of rotatable bonds is 7. The minimum atomic E-state index is -1.35. The van der Waals surface area contributed by atoms with Crippen LogP contribution in [0.4, 0.5) is 5.69 Å². The Labute approximate surface area is 168 Å². The van der Waals surface area contributed by atoms with Gasteiger partial charge < -0.3 is 10.1 Å². The third-order valence-corrected chi connectivity index (χ3v) is 6.03. The van der Waals surface area contributed by atoms with Crippen molar-refractivity contribution in [2.75, 3.05) is 18.2 Å². The second-order valence-corrected chi connectivity index (χ2v) is 7.99. The van der Waals surface area contributed by atoms with Crippen LogP contribution in [0.5, 0.6) is 5.75 Å². The topological polar surface area (TPSA) is 62.1 Å². The van der Waals surface area contributed by atoms with Crippen molar-refractivity contribution in [1.29, 1.82) is 5.26 Å². The van der Waals surface area contributed by atoms with Gasteiger partial charge in [0.25, 0.3) is 0 Å². The van der Waals surface area contributed by atoms with Gasteiger partial charge >= 0.3 is 0 Å². The van der Waals surface area contributed by atoms with Crippen LogP contribution < -0.4 is 10.1 Å². The average molecular weight is 391 g/mol. The van der Waals surface area contributed by atoms with E-state index < -0.39 is 16.3 Å². The van der Waals surface area contributed by atoms with Crippen molar-refractivity contribution in [2.45, 2.75) is 17.4 Å². The van der Waals surface area contributed by atoms with Crippen LogP contribution in [0, 0.1) is 18.3 Å². The van der Waals surface area contributed by atoms with E-state index in [1.807, 2.05) is 85.8 Å². The third kappa shape index (κ3) is 4.41. The van der Waals surface area contributed by atoms with Gasteiger partial charge in [-0.3, -0.25) is 4.21 Å². The predicted octanol–water partition coefficient (Wildman–Crippen LogP) is 4.64. The van der Waals surface area contributed by atoms with Gasteiger partial charge in [-0.25, -0.2) is 0 Å². The zero-order valence-electron chi connectivity index (χ0n) is 15.9. The summed E-state index contributed by atoms with van der Waals surface area (Å²) in [5, 5.41) is 13.5. The molecule has 28 heavy (non-hydrogen) atoms. The number of benzene rings is 3. The molecule has 3 rings (SSSR count). The molecule has 0 saturated carbocycles. The normalized spacial score (nSPS) is 13.8. The maximum Gasteiger partial charge on any atom is 0.163 e. The molecular weight excluding hydrogens is 368 g/mol. The van der Waals surface area contributed by atoms with Gasteiger partial charge in [0.1, 0.15) is 5.75 Å². The molecule has 0 aliphatic heterocycles. The first kappa shape index (κ1) is 19.7. The maximum absolute atomic E-state index is 13.1. The van der Waals surface area contributed by atoms with Gasteiger partial charge in [-0.1, -0.05) is 48.0 Å². The smallest absolute Gasteiger partial charge is 0.163 e. The Morgan fingerprint density at radius 2 is 1.64 bits per heavy atom. The molecule has 0 amide bonds. The van der Waals surface area contributed by atoms with E-state index in [-0.39, 0.29) is 5.75 Å². The molecule has 3 aromatic rings. The lowest BCUT2D eigenvalue weighted by molar-refractivity contribution is 0.415. The quantitative estimate of drug-likeness (QED) is 0.638. The summed E-state index contributed by atoms with van der Waals surface area (Å²) >= 11 is 0. The van der Waals surface area contributed by atoms with Crippen molar-refractivity contribution in [3.05, 3.63) is 90.0 Å². The highest BCUT2D eigenvalue weighted by molar-refractivity contribution is 7.85. The third-order valence-electron chi connectivity index (χ3n) is 4.54. The number of anilines is 1. The Balaban J connectivity index is 1.97. The zero-order valence-corrected chi connectivity index (χ0v) is 16.7. The summed E-state index contributed by atoms with van der Waals surface area (Å²) in [4.78, 5) is 0.706. The van der Waals surface area contributed by atoms with E-state index in [2.05, 4.69) is 11.4 Å². The maximum atomic E-state index is 13.1. The first-order valence-corrected chi connectivity index (χ1v) is 10.2. The van der Waals surface area contributed by atoms with E-state index >= 15 is 0 Å². The predicted molar refractivity (Wildman–Crippen MR) is 113 cm³/mol. The van der Waals surface area contributed by atoms with Crippen molar-refractivity contribution in [3.63, 3.8) is 0 Å². The monoisotopic (exact) mass is 390 g/mol. The Morgan fingerprint density at radius 3 is 2.21 bits per heavy atom. The summed E-state index contributed by atoms with van der Waals surface area (Å²) in [6.07, 6.45) is 0. The Morgan fingerprint density at radius 1 is 1.00 bits per heavy atom. The summed E-state index contributed by atoms with van der Waals surface area (Å²) in [5.41, 5.74) is 1.50. The molecule has 3 aromatic carbocycles. The molecule has 0 aliphatic rings. The number of nitriles is 1. The summed E-state index contributed by atoms with van der Waals surface area (Å²) in [5.74, 6) is 0.860. The van der Waals surface area contributed by atoms with Crippen molar-refractivity contribution in [1.82, 2.24) is 0 Å². The summed E-state index contributed by atoms with van der Waals surface area (Å²) < 4.78 is 18.3. The second-order valence-electron chi connectivity index (χ2n) is 6.54. The van der Waals surface area contributed by atoms with Gasteiger partial charge in [0.05, 0.1) is 29.7 Å². The lowest BCUT2D eigenvalue weighted by Gasteiger charge is -2.29. The van der Waals surface area contributed by atoms with Crippen LogP contribution in [-0.2, 0) is 16.3 Å². The van der Waals surface area contributed by atoms with Gasteiger partial charge in [0.15, 0.2) is 5.54 Å². The molecule has 0 aromatic heterocycles. The van der Waals surface area contributed by atoms with Gasteiger partial charge in [0, 0.05) is 10.6 Å². The van der Waals surface area contributed by atoms with E-state index in [1.54, 1.807) is 7.11 Å². The van der Waals surface area contributed by atoms with Gasteiger partial charge in [-0.15, -0.1) is 0 Å². The summed E-state index contributed by atoms with van der Waals surface area (Å²) in [6.45, 7) is 1.99. The molecule has 4 nitrogen and oxygen atoms in total. The van der Waals surface area contributed by atoms with E-state index in [9.17, 15) is 9.47 Å². The SMILES string of the molecule is COc1ccc(N[C@@](C#N)(C[S@@](=O)c2ccc(C)cc2)c2ccccc2)cc1. The standard InChI is InChI=1S/C23H22N2O2S/c1-18-8-14-22(15-9-18)28(26)17-23(16-24,19-6-4-3-5-7-19)25-20-10-12-21(27-2)13-11-20/h3-15,25H,17H2,1-2H3/t23-,28+/m0/s1. The molecule has 5 heteroatoms. The minimum absolute atomic E-state index is 0.128. The van der Waals surface area contributed by atoms with Gasteiger partial charge in [0.2, 0.25) is 0 Å². The number of methoxy groups -OCH3 is 1. The number of hydrogen-bond donors (Lipinski definition) is 1. The lowest BCUT2D eigenvalue weighted by atomic mass is 9.93. The average Bonchev–Trinajstić information content (AvgIpc) is 2.74. The number of aryl methyl sites for hydroxylation is 1. The number of nitrogens with zero attached hydrogens (tertiary/aromatic N) is 1.